The lowest BCUT2D eigenvalue weighted by molar-refractivity contribution is 0.281. The van der Waals surface area contributed by atoms with Gasteiger partial charge in [-0.3, -0.25) is 0 Å². The van der Waals surface area contributed by atoms with Gasteiger partial charge in [-0.05, 0) is 62.5 Å². The molecule has 0 fully saturated rings. The van der Waals surface area contributed by atoms with E-state index < -0.39 is 0 Å². The first-order valence-electron chi connectivity index (χ1n) is 9.63. The molecule has 0 saturated carbocycles. The molecule has 146 valence electrons. The van der Waals surface area contributed by atoms with Gasteiger partial charge in [-0.1, -0.05) is 42.5 Å². The maximum atomic E-state index is 6.00. The number of nitrogens with one attached hydrogen (secondary N) is 1. The first kappa shape index (κ1) is 19.8. The van der Waals surface area contributed by atoms with Crippen molar-refractivity contribution in [1.82, 2.24) is 4.90 Å². The van der Waals surface area contributed by atoms with E-state index in [-0.39, 0.29) is 0 Å². The largest absolute Gasteiger partial charge is 0.494 e. The highest BCUT2D eigenvalue weighted by Gasteiger charge is 2.04. The fourth-order valence-electron chi connectivity index (χ4n) is 2.79. The van der Waals surface area contributed by atoms with Gasteiger partial charge in [0.2, 0.25) is 0 Å². The number of hydrogen-bond acceptors (Lipinski definition) is 4. The smallest absolute Gasteiger partial charge is 0.150 e. The van der Waals surface area contributed by atoms with E-state index in [9.17, 15) is 0 Å². The standard InChI is InChI=1S/C24H28N2O2/c1-26(2)17-8-18-27-21-15-13-20(14-16-21)19-25-23-11-6-7-12-24(23)28-22-9-4-3-5-10-22/h3-7,9-16,25H,8,17-19H2,1-2H3. The molecule has 4 nitrogen and oxygen atoms in total. The van der Waals surface area contributed by atoms with E-state index in [1.165, 1.54) is 5.56 Å². The summed E-state index contributed by atoms with van der Waals surface area (Å²) < 4.78 is 11.8. The van der Waals surface area contributed by atoms with Crippen LogP contribution >= 0.6 is 0 Å². The van der Waals surface area contributed by atoms with Crippen molar-refractivity contribution in [3.63, 3.8) is 0 Å². The zero-order chi connectivity index (χ0) is 19.6. The molecule has 0 amide bonds. The van der Waals surface area contributed by atoms with Crippen LogP contribution in [0, 0.1) is 0 Å². The average Bonchev–Trinajstić information content (AvgIpc) is 2.72. The van der Waals surface area contributed by atoms with Crippen molar-refractivity contribution in [1.29, 1.82) is 0 Å². The van der Waals surface area contributed by atoms with Crippen LogP contribution in [0.2, 0.25) is 0 Å². The number of hydrogen-bond donors (Lipinski definition) is 1. The van der Waals surface area contributed by atoms with E-state index in [0.717, 1.165) is 49.1 Å². The van der Waals surface area contributed by atoms with E-state index in [1.54, 1.807) is 0 Å². The molecule has 0 spiro atoms. The van der Waals surface area contributed by atoms with Crippen molar-refractivity contribution in [2.75, 3.05) is 32.6 Å². The highest BCUT2D eigenvalue weighted by Crippen LogP contribution is 2.29. The van der Waals surface area contributed by atoms with Crippen molar-refractivity contribution >= 4 is 5.69 Å². The van der Waals surface area contributed by atoms with Crippen LogP contribution in [0.15, 0.2) is 78.9 Å². The SMILES string of the molecule is CN(C)CCCOc1ccc(CNc2ccccc2Oc2ccccc2)cc1. The minimum absolute atomic E-state index is 0.718. The van der Waals surface area contributed by atoms with Crippen molar-refractivity contribution in [2.45, 2.75) is 13.0 Å². The van der Waals surface area contributed by atoms with Crippen molar-refractivity contribution in [3.8, 4) is 17.2 Å². The molecule has 0 saturated heterocycles. The number of para-hydroxylation sites is 3. The minimum Gasteiger partial charge on any atom is -0.494 e. The van der Waals surface area contributed by atoms with Crippen LogP contribution in [0.5, 0.6) is 17.2 Å². The Labute approximate surface area is 167 Å². The summed E-state index contributed by atoms with van der Waals surface area (Å²) in [5, 5.41) is 3.46. The lowest BCUT2D eigenvalue weighted by Crippen LogP contribution is -2.15. The van der Waals surface area contributed by atoms with E-state index in [2.05, 4.69) is 36.4 Å². The summed E-state index contributed by atoms with van der Waals surface area (Å²) in [6.07, 6.45) is 1.02. The number of anilines is 1. The van der Waals surface area contributed by atoms with Gasteiger partial charge >= 0.3 is 0 Å². The maximum absolute atomic E-state index is 6.00. The van der Waals surface area contributed by atoms with Gasteiger partial charge in [-0.25, -0.2) is 0 Å². The van der Waals surface area contributed by atoms with E-state index in [0.29, 0.717) is 0 Å². The van der Waals surface area contributed by atoms with Crippen LogP contribution in [-0.4, -0.2) is 32.1 Å². The maximum Gasteiger partial charge on any atom is 0.150 e. The number of benzene rings is 3. The third kappa shape index (κ3) is 6.32. The molecule has 1 N–H and O–H groups in total. The highest BCUT2D eigenvalue weighted by atomic mass is 16.5. The fourth-order valence-corrected chi connectivity index (χ4v) is 2.79. The number of ether oxygens (including phenoxy) is 2. The molecule has 0 aliphatic heterocycles. The molecule has 28 heavy (non-hydrogen) atoms. The van der Waals surface area contributed by atoms with Crippen molar-refractivity contribution in [2.24, 2.45) is 0 Å². The molecular formula is C24H28N2O2. The first-order chi connectivity index (χ1) is 13.7. The van der Waals surface area contributed by atoms with Crippen LogP contribution in [0.1, 0.15) is 12.0 Å². The Morgan fingerprint density at radius 3 is 2.25 bits per heavy atom. The van der Waals surface area contributed by atoms with Crippen LogP contribution < -0.4 is 14.8 Å². The van der Waals surface area contributed by atoms with Crippen molar-refractivity contribution < 1.29 is 9.47 Å². The van der Waals surface area contributed by atoms with Gasteiger partial charge < -0.3 is 19.7 Å². The summed E-state index contributed by atoms with van der Waals surface area (Å²) in [6.45, 7) is 2.49. The molecule has 0 aromatic heterocycles. The Bertz CT molecular complexity index is 833. The predicted molar refractivity (Wildman–Crippen MR) is 115 cm³/mol. The summed E-state index contributed by atoms with van der Waals surface area (Å²) >= 11 is 0. The Morgan fingerprint density at radius 2 is 1.50 bits per heavy atom. The second kappa shape index (κ2) is 10.4. The van der Waals surface area contributed by atoms with Gasteiger partial charge in [-0.15, -0.1) is 0 Å². The molecule has 0 radical (unpaired) electrons. The van der Waals surface area contributed by atoms with Gasteiger partial charge in [-0.2, -0.15) is 0 Å². The molecule has 0 bridgehead atoms. The van der Waals surface area contributed by atoms with E-state index in [4.69, 9.17) is 9.47 Å². The molecule has 3 aromatic rings. The third-order valence-corrected chi connectivity index (χ3v) is 4.28. The summed E-state index contributed by atoms with van der Waals surface area (Å²) in [7, 11) is 4.15. The fraction of sp³-hybridized carbons (Fsp3) is 0.250. The second-order valence-electron chi connectivity index (χ2n) is 6.91. The lowest BCUT2D eigenvalue weighted by Gasteiger charge is -2.13. The van der Waals surface area contributed by atoms with E-state index >= 15 is 0 Å². The summed E-state index contributed by atoms with van der Waals surface area (Å²) in [6, 6.07) is 26.0. The zero-order valence-corrected chi connectivity index (χ0v) is 16.6. The highest BCUT2D eigenvalue weighted by molar-refractivity contribution is 5.57. The first-order valence-corrected chi connectivity index (χ1v) is 9.63. The minimum atomic E-state index is 0.718. The van der Waals surface area contributed by atoms with Gasteiger partial charge in [0.25, 0.3) is 0 Å². The molecule has 0 aliphatic carbocycles. The summed E-state index contributed by atoms with van der Waals surface area (Å²) in [5.74, 6) is 2.55. The Morgan fingerprint density at radius 1 is 0.786 bits per heavy atom. The normalized spacial score (nSPS) is 10.7. The van der Waals surface area contributed by atoms with Crippen LogP contribution in [0.4, 0.5) is 5.69 Å². The topological polar surface area (TPSA) is 33.7 Å². The van der Waals surface area contributed by atoms with E-state index in [1.807, 2.05) is 66.7 Å². The van der Waals surface area contributed by atoms with Gasteiger partial charge in [0.05, 0.1) is 12.3 Å². The molecule has 0 atom stereocenters. The summed E-state index contributed by atoms with van der Waals surface area (Å²) in [4.78, 5) is 2.16. The van der Waals surface area contributed by atoms with Crippen LogP contribution in [0.25, 0.3) is 0 Å². The lowest BCUT2D eigenvalue weighted by atomic mass is 10.2. The number of rotatable bonds is 10. The zero-order valence-electron chi connectivity index (χ0n) is 16.6. The average molecular weight is 377 g/mol. The van der Waals surface area contributed by atoms with Crippen LogP contribution in [-0.2, 0) is 6.54 Å². The molecular weight excluding hydrogens is 348 g/mol. The summed E-state index contributed by atoms with van der Waals surface area (Å²) in [5.41, 5.74) is 2.16. The molecule has 3 rings (SSSR count). The van der Waals surface area contributed by atoms with Crippen molar-refractivity contribution in [3.05, 3.63) is 84.4 Å². The Hall–Kier alpha value is -2.98. The van der Waals surface area contributed by atoms with Gasteiger partial charge in [0.1, 0.15) is 11.5 Å². The molecule has 0 heterocycles. The second-order valence-corrected chi connectivity index (χ2v) is 6.91. The molecule has 0 aliphatic rings. The van der Waals surface area contributed by atoms with Gasteiger partial charge in [0, 0.05) is 13.1 Å². The van der Waals surface area contributed by atoms with Crippen LogP contribution in [0.3, 0.4) is 0 Å². The third-order valence-electron chi connectivity index (χ3n) is 4.28. The Balaban J connectivity index is 1.53. The molecule has 0 unspecified atom stereocenters. The Kier molecular flexibility index (Phi) is 7.33. The monoisotopic (exact) mass is 376 g/mol. The van der Waals surface area contributed by atoms with Gasteiger partial charge in [0.15, 0.2) is 5.75 Å². The molecule has 4 heteroatoms. The number of nitrogens with zero attached hydrogens (tertiary/aromatic N) is 1. The predicted octanol–water partition coefficient (Wildman–Crippen LogP) is 5.42. The quantitative estimate of drug-likeness (QED) is 0.479. The molecule has 3 aromatic carbocycles.